The fourth-order valence-corrected chi connectivity index (χ4v) is 1.89. The number of benzene rings is 2. The van der Waals surface area contributed by atoms with E-state index >= 15 is 0 Å². The molecule has 2 N–H and O–H groups in total. The molecule has 5 nitrogen and oxygen atoms in total. The van der Waals surface area contributed by atoms with Crippen LogP contribution in [0.1, 0.15) is 26.3 Å². The summed E-state index contributed by atoms with van der Waals surface area (Å²) in [5.74, 6) is -2.60. The highest BCUT2D eigenvalue weighted by Crippen LogP contribution is 2.23. The topological polar surface area (TPSA) is 87.0 Å². The zero-order chi connectivity index (χ0) is 15.4. The van der Waals surface area contributed by atoms with Gasteiger partial charge in [0.1, 0.15) is 0 Å². The molecular formula is C15H10ClNO4. The van der Waals surface area contributed by atoms with E-state index in [1.807, 2.05) is 0 Å². The molecule has 0 amide bonds. The van der Waals surface area contributed by atoms with Gasteiger partial charge in [-0.05, 0) is 29.8 Å². The second-order valence-electron chi connectivity index (χ2n) is 4.12. The van der Waals surface area contributed by atoms with Crippen LogP contribution in [-0.4, -0.2) is 28.4 Å². The molecule has 106 valence electrons. The molecule has 2 aromatic rings. The van der Waals surface area contributed by atoms with Crippen molar-refractivity contribution in [3.8, 4) is 0 Å². The Kier molecular flexibility index (Phi) is 4.35. The van der Waals surface area contributed by atoms with Crippen molar-refractivity contribution in [1.29, 1.82) is 0 Å². The number of carboxylic acids is 2. The predicted octanol–water partition coefficient (Wildman–Crippen LogP) is 3.49. The number of carbonyl (C=O) groups is 2. The van der Waals surface area contributed by atoms with Gasteiger partial charge in [0.2, 0.25) is 0 Å². The van der Waals surface area contributed by atoms with Crippen molar-refractivity contribution in [2.75, 3.05) is 0 Å². The van der Waals surface area contributed by atoms with Crippen molar-refractivity contribution in [2.24, 2.45) is 4.99 Å². The zero-order valence-corrected chi connectivity index (χ0v) is 11.4. The summed E-state index contributed by atoms with van der Waals surface area (Å²) in [6, 6.07) is 10.9. The van der Waals surface area contributed by atoms with Gasteiger partial charge in [0.05, 0.1) is 21.8 Å². The van der Waals surface area contributed by atoms with Crippen molar-refractivity contribution in [1.82, 2.24) is 0 Å². The van der Waals surface area contributed by atoms with Gasteiger partial charge in [-0.3, -0.25) is 4.99 Å². The Balaban J connectivity index is 2.38. The number of rotatable bonds is 4. The first-order valence-corrected chi connectivity index (χ1v) is 6.26. The SMILES string of the molecule is O=C(O)c1ccc(/C=N/c2ccccc2Cl)cc1C(=O)O. The largest absolute Gasteiger partial charge is 0.478 e. The van der Waals surface area contributed by atoms with Crippen LogP contribution in [0.4, 0.5) is 5.69 Å². The van der Waals surface area contributed by atoms with Crippen LogP contribution in [0.15, 0.2) is 47.5 Å². The van der Waals surface area contributed by atoms with Gasteiger partial charge in [-0.2, -0.15) is 0 Å². The summed E-state index contributed by atoms with van der Waals surface area (Å²) >= 11 is 5.95. The Morgan fingerprint density at radius 3 is 2.29 bits per heavy atom. The average molecular weight is 304 g/mol. The van der Waals surface area contributed by atoms with Gasteiger partial charge in [0, 0.05) is 6.21 Å². The van der Waals surface area contributed by atoms with E-state index in [0.717, 1.165) is 0 Å². The molecule has 0 atom stereocenters. The summed E-state index contributed by atoms with van der Waals surface area (Å²) < 4.78 is 0. The maximum absolute atomic E-state index is 11.1. The van der Waals surface area contributed by atoms with Gasteiger partial charge in [0.25, 0.3) is 0 Å². The van der Waals surface area contributed by atoms with Crippen LogP contribution in [0.5, 0.6) is 0 Å². The van der Waals surface area contributed by atoms with E-state index in [2.05, 4.69) is 4.99 Å². The molecule has 2 rings (SSSR count). The second-order valence-corrected chi connectivity index (χ2v) is 4.53. The van der Waals surface area contributed by atoms with Gasteiger partial charge in [-0.25, -0.2) is 9.59 Å². The van der Waals surface area contributed by atoms with E-state index in [-0.39, 0.29) is 11.1 Å². The van der Waals surface area contributed by atoms with Gasteiger partial charge < -0.3 is 10.2 Å². The third-order valence-corrected chi connectivity index (χ3v) is 3.03. The van der Waals surface area contributed by atoms with Gasteiger partial charge >= 0.3 is 11.9 Å². The first-order chi connectivity index (χ1) is 9.99. The molecule has 0 radical (unpaired) electrons. The highest BCUT2D eigenvalue weighted by molar-refractivity contribution is 6.33. The second kappa shape index (κ2) is 6.19. The third kappa shape index (κ3) is 3.46. The van der Waals surface area contributed by atoms with Crippen LogP contribution < -0.4 is 0 Å². The van der Waals surface area contributed by atoms with Gasteiger partial charge in [-0.1, -0.05) is 29.8 Å². The summed E-state index contributed by atoms with van der Waals surface area (Å²) in [6.07, 6.45) is 1.43. The molecule has 0 saturated heterocycles. The molecule has 0 spiro atoms. The quantitative estimate of drug-likeness (QED) is 0.846. The Morgan fingerprint density at radius 1 is 1.00 bits per heavy atom. The predicted molar refractivity (Wildman–Crippen MR) is 79.1 cm³/mol. The molecule has 2 aromatic carbocycles. The molecule has 0 heterocycles. The highest BCUT2D eigenvalue weighted by atomic mass is 35.5. The summed E-state index contributed by atoms with van der Waals surface area (Å²) in [5, 5.41) is 18.4. The van der Waals surface area contributed by atoms with Crippen molar-refractivity contribution in [3.63, 3.8) is 0 Å². The van der Waals surface area contributed by atoms with E-state index in [1.165, 1.54) is 24.4 Å². The monoisotopic (exact) mass is 303 g/mol. The minimum absolute atomic E-state index is 0.266. The van der Waals surface area contributed by atoms with Crippen molar-refractivity contribution in [2.45, 2.75) is 0 Å². The van der Waals surface area contributed by atoms with Crippen molar-refractivity contribution < 1.29 is 19.8 Å². The highest BCUT2D eigenvalue weighted by Gasteiger charge is 2.15. The van der Waals surface area contributed by atoms with Gasteiger partial charge in [-0.15, -0.1) is 0 Å². The minimum atomic E-state index is -1.31. The number of aliphatic imine (C=N–C) groups is 1. The fraction of sp³-hybridized carbons (Fsp3) is 0. The van der Waals surface area contributed by atoms with Crippen LogP contribution in [0.25, 0.3) is 0 Å². The lowest BCUT2D eigenvalue weighted by atomic mass is 10.0. The van der Waals surface area contributed by atoms with E-state index in [0.29, 0.717) is 16.3 Å². The van der Waals surface area contributed by atoms with Crippen molar-refractivity contribution >= 4 is 35.4 Å². The lowest BCUT2D eigenvalue weighted by molar-refractivity contribution is 0.0651. The Hall–Kier alpha value is -2.66. The summed E-state index contributed by atoms with van der Waals surface area (Å²) in [7, 11) is 0. The zero-order valence-electron chi connectivity index (χ0n) is 10.7. The van der Waals surface area contributed by atoms with Crippen LogP contribution >= 0.6 is 11.6 Å². The van der Waals surface area contributed by atoms with Crippen LogP contribution in [0.3, 0.4) is 0 Å². The summed E-state index contributed by atoms with van der Waals surface area (Å²) in [4.78, 5) is 26.2. The third-order valence-electron chi connectivity index (χ3n) is 2.71. The average Bonchev–Trinajstić information content (AvgIpc) is 2.46. The normalized spacial score (nSPS) is 10.7. The van der Waals surface area contributed by atoms with E-state index in [9.17, 15) is 9.59 Å². The van der Waals surface area contributed by atoms with Crippen LogP contribution in [0.2, 0.25) is 5.02 Å². The van der Waals surface area contributed by atoms with Crippen LogP contribution in [-0.2, 0) is 0 Å². The molecule has 0 aliphatic rings. The molecule has 0 saturated carbocycles. The number of carboxylic acid groups (broad SMARTS) is 2. The number of nitrogens with zero attached hydrogens (tertiary/aromatic N) is 1. The van der Waals surface area contributed by atoms with Crippen LogP contribution in [0, 0.1) is 0 Å². The van der Waals surface area contributed by atoms with E-state index in [1.54, 1.807) is 24.3 Å². The van der Waals surface area contributed by atoms with Gasteiger partial charge in [0.15, 0.2) is 0 Å². The molecule has 0 aliphatic carbocycles. The summed E-state index contributed by atoms with van der Waals surface area (Å²) in [6.45, 7) is 0. The number of hydrogen-bond acceptors (Lipinski definition) is 3. The van der Waals surface area contributed by atoms with E-state index in [4.69, 9.17) is 21.8 Å². The Labute approximate surface area is 125 Å². The molecular weight excluding hydrogens is 294 g/mol. The molecule has 21 heavy (non-hydrogen) atoms. The minimum Gasteiger partial charge on any atom is -0.478 e. The first-order valence-electron chi connectivity index (χ1n) is 5.88. The molecule has 6 heteroatoms. The lowest BCUT2D eigenvalue weighted by Gasteiger charge is -2.03. The fourth-order valence-electron chi connectivity index (χ4n) is 1.71. The Morgan fingerprint density at radius 2 is 1.67 bits per heavy atom. The maximum atomic E-state index is 11.1. The molecule has 0 aliphatic heterocycles. The number of para-hydroxylation sites is 1. The van der Waals surface area contributed by atoms with E-state index < -0.39 is 11.9 Å². The maximum Gasteiger partial charge on any atom is 0.336 e. The summed E-state index contributed by atoms with van der Waals surface area (Å²) in [5.41, 5.74) is 0.457. The molecule has 0 fully saturated rings. The Bertz CT molecular complexity index is 740. The smallest absolute Gasteiger partial charge is 0.336 e. The number of aromatic carboxylic acids is 2. The number of halogens is 1. The molecule has 0 aromatic heterocycles. The molecule has 0 bridgehead atoms. The molecule has 0 unspecified atom stereocenters. The number of hydrogen-bond donors (Lipinski definition) is 2. The van der Waals surface area contributed by atoms with Crippen molar-refractivity contribution in [3.05, 3.63) is 64.2 Å². The standard InChI is InChI=1S/C15H10ClNO4/c16-12-3-1-2-4-13(12)17-8-9-5-6-10(14(18)19)11(7-9)15(20)21/h1-8H,(H,18,19)(H,20,21)/b17-8+. The first kappa shape index (κ1) is 14.7. The lowest BCUT2D eigenvalue weighted by Crippen LogP contribution is -2.08.